The number of halogens is 4. The third kappa shape index (κ3) is 5.69. The summed E-state index contributed by atoms with van der Waals surface area (Å²) in [4.78, 5) is 11.3. The lowest BCUT2D eigenvalue weighted by molar-refractivity contribution is -0.158. The monoisotopic (exact) mass is 278 g/mol. The highest BCUT2D eigenvalue weighted by atomic mass is 19.4. The molecule has 0 atom stereocenters. The largest absolute Gasteiger partial charge is 0.457 e. The van der Waals surface area contributed by atoms with Crippen molar-refractivity contribution in [2.45, 2.75) is 32.6 Å². The van der Waals surface area contributed by atoms with Crippen molar-refractivity contribution in [1.82, 2.24) is 5.32 Å². The molecule has 1 aromatic rings. The van der Waals surface area contributed by atoms with Crippen molar-refractivity contribution in [1.29, 1.82) is 0 Å². The van der Waals surface area contributed by atoms with E-state index in [1.54, 1.807) is 0 Å². The van der Waals surface area contributed by atoms with Crippen LogP contribution in [0.5, 0.6) is 0 Å². The van der Waals surface area contributed by atoms with Crippen LogP contribution < -0.4 is 10.6 Å². The number of hydrogen-bond donors (Lipinski definition) is 2. The number of nitrogens with one attached hydrogen (secondary N) is 2. The number of carbonyl (C=O) groups is 1. The van der Waals surface area contributed by atoms with Crippen molar-refractivity contribution in [3.8, 4) is 0 Å². The summed E-state index contributed by atoms with van der Waals surface area (Å²) in [7, 11) is 0. The number of hydrogen-bond acceptors (Lipinski definition) is 2. The average Bonchev–Trinajstić information content (AvgIpc) is 2.29. The molecule has 0 radical (unpaired) electrons. The summed E-state index contributed by atoms with van der Waals surface area (Å²) in [6, 6.07) is 3.53. The molecule has 1 amide bonds. The summed E-state index contributed by atoms with van der Waals surface area (Å²) in [5.74, 6) is -1.09. The molecule has 7 heteroatoms. The van der Waals surface area contributed by atoms with Crippen LogP contribution in [0, 0.1) is 5.82 Å². The molecular weight excluding hydrogens is 264 g/mol. The van der Waals surface area contributed by atoms with Gasteiger partial charge in [-0.25, -0.2) is 9.71 Å². The number of rotatable bonds is 5. The maximum atomic E-state index is 13.5. The molecule has 19 heavy (non-hydrogen) atoms. The van der Waals surface area contributed by atoms with Crippen molar-refractivity contribution >= 4 is 11.6 Å². The molecule has 0 saturated heterocycles. The maximum absolute atomic E-state index is 13.5. The van der Waals surface area contributed by atoms with E-state index in [0.717, 1.165) is 6.07 Å². The molecule has 0 aromatic heterocycles. The Morgan fingerprint density at radius 3 is 2.53 bits per heavy atom. The van der Waals surface area contributed by atoms with Gasteiger partial charge in [0, 0.05) is 13.0 Å². The van der Waals surface area contributed by atoms with E-state index in [4.69, 9.17) is 0 Å². The molecule has 0 fully saturated rings. The summed E-state index contributed by atoms with van der Waals surface area (Å²) in [5.41, 5.74) is 0.109. The predicted octanol–water partition coefficient (Wildman–Crippen LogP) is 3.17. The first-order chi connectivity index (χ1) is 8.81. The van der Waals surface area contributed by atoms with E-state index in [-0.39, 0.29) is 23.6 Å². The molecule has 0 bridgehead atoms. The molecular formula is C12H14F4N2O. The zero-order valence-electron chi connectivity index (χ0n) is 10.3. The molecule has 3 nitrogen and oxygen atoms in total. The van der Waals surface area contributed by atoms with Gasteiger partial charge in [-0.3, -0.25) is 4.79 Å². The molecule has 0 heterocycles. The lowest BCUT2D eigenvalue weighted by Crippen LogP contribution is -2.30. The molecule has 0 aliphatic rings. The number of carbonyl (C=O) groups excluding carboxylic acids is 1. The Hall–Kier alpha value is -1.63. The first kappa shape index (κ1) is 15.4. The van der Waals surface area contributed by atoms with Gasteiger partial charge in [-0.2, -0.15) is 13.2 Å². The molecule has 106 valence electrons. The standard InChI is InChI=1S/C12H14F4N2O/c1-2-3-11(19)18-10-5-4-8(6-9(10)13)7-17-12(14,15)16/h4-6,17H,2-3,7H2,1H3,(H,18,19). The second kappa shape index (κ2) is 6.51. The van der Waals surface area contributed by atoms with E-state index in [2.05, 4.69) is 5.32 Å². The number of amides is 1. The van der Waals surface area contributed by atoms with Crippen molar-refractivity contribution in [2.24, 2.45) is 0 Å². The molecule has 0 aliphatic carbocycles. The van der Waals surface area contributed by atoms with Crippen LogP contribution in [0.3, 0.4) is 0 Å². The molecule has 1 aromatic carbocycles. The Bertz CT molecular complexity index is 446. The summed E-state index contributed by atoms with van der Waals surface area (Å²) in [5, 5.41) is 3.65. The van der Waals surface area contributed by atoms with Crippen LogP contribution in [-0.4, -0.2) is 12.2 Å². The zero-order chi connectivity index (χ0) is 14.5. The second-order valence-electron chi connectivity index (χ2n) is 3.96. The van der Waals surface area contributed by atoms with Gasteiger partial charge < -0.3 is 5.32 Å². The number of anilines is 1. The van der Waals surface area contributed by atoms with Crippen LogP contribution in [0.2, 0.25) is 0 Å². The topological polar surface area (TPSA) is 41.1 Å². The van der Waals surface area contributed by atoms with E-state index in [9.17, 15) is 22.4 Å². The third-order valence-electron chi connectivity index (χ3n) is 2.28. The van der Waals surface area contributed by atoms with Crippen molar-refractivity contribution in [3.63, 3.8) is 0 Å². The minimum Gasteiger partial charge on any atom is -0.324 e. The van der Waals surface area contributed by atoms with Gasteiger partial charge in [0.05, 0.1) is 5.69 Å². The van der Waals surface area contributed by atoms with E-state index < -0.39 is 18.7 Å². The van der Waals surface area contributed by atoms with Gasteiger partial charge in [-0.05, 0) is 24.1 Å². The van der Waals surface area contributed by atoms with Crippen molar-refractivity contribution < 1.29 is 22.4 Å². The zero-order valence-corrected chi connectivity index (χ0v) is 10.3. The SMILES string of the molecule is CCCC(=O)Nc1ccc(CNC(F)(F)F)cc1F. The van der Waals surface area contributed by atoms with Crippen LogP contribution >= 0.6 is 0 Å². The Labute approximate surface area is 108 Å². The van der Waals surface area contributed by atoms with Gasteiger partial charge in [0.25, 0.3) is 0 Å². The van der Waals surface area contributed by atoms with Gasteiger partial charge in [-0.1, -0.05) is 13.0 Å². The van der Waals surface area contributed by atoms with Crippen LogP contribution in [0.25, 0.3) is 0 Å². The average molecular weight is 278 g/mol. The second-order valence-corrected chi connectivity index (χ2v) is 3.96. The molecule has 0 spiro atoms. The van der Waals surface area contributed by atoms with Crippen LogP contribution in [0.15, 0.2) is 18.2 Å². The predicted molar refractivity (Wildman–Crippen MR) is 62.8 cm³/mol. The Kier molecular flexibility index (Phi) is 5.29. The van der Waals surface area contributed by atoms with Crippen LogP contribution in [0.1, 0.15) is 25.3 Å². The minimum atomic E-state index is -4.51. The lowest BCUT2D eigenvalue weighted by Gasteiger charge is -2.10. The van der Waals surface area contributed by atoms with Gasteiger partial charge in [0.1, 0.15) is 5.82 Å². The lowest BCUT2D eigenvalue weighted by atomic mass is 10.2. The summed E-state index contributed by atoms with van der Waals surface area (Å²) >= 11 is 0. The minimum absolute atomic E-state index is 0.0331. The number of alkyl halides is 3. The highest BCUT2D eigenvalue weighted by Crippen LogP contribution is 2.17. The normalized spacial score (nSPS) is 11.4. The fourth-order valence-electron chi connectivity index (χ4n) is 1.41. The van der Waals surface area contributed by atoms with E-state index in [1.807, 2.05) is 6.92 Å². The number of benzene rings is 1. The van der Waals surface area contributed by atoms with E-state index >= 15 is 0 Å². The summed E-state index contributed by atoms with van der Waals surface area (Å²) < 4.78 is 49.3. The highest BCUT2D eigenvalue weighted by Gasteiger charge is 2.26. The van der Waals surface area contributed by atoms with E-state index in [1.165, 1.54) is 17.4 Å². The van der Waals surface area contributed by atoms with Crippen LogP contribution in [0.4, 0.5) is 23.2 Å². The fourth-order valence-corrected chi connectivity index (χ4v) is 1.41. The van der Waals surface area contributed by atoms with Gasteiger partial charge in [-0.15, -0.1) is 0 Å². The highest BCUT2D eigenvalue weighted by molar-refractivity contribution is 5.90. The smallest absolute Gasteiger partial charge is 0.324 e. The Morgan fingerprint density at radius 1 is 1.32 bits per heavy atom. The Balaban J connectivity index is 2.66. The van der Waals surface area contributed by atoms with E-state index in [0.29, 0.717) is 6.42 Å². The summed E-state index contributed by atoms with van der Waals surface area (Å²) in [6.07, 6.45) is -3.62. The molecule has 2 N–H and O–H groups in total. The third-order valence-corrected chi connectivity index (χ3v) is 2.28. The van der Waals surface area contributed by atoms with Crippen molar-refractivity contribution in [3.05, 3.63) is 29.6 Å². The first-order valence-electron chi connectivity index (χ1n) is 5.72. The molecule has 0 unspecified atom stereocenters. The molecule has 0 saturated carbocycles. The molecule has 1 rings (SSSR count). The Morgan fingerprint density at radius 2 is 2.00 bits per heavy atom. The summed E-state index contributed by atoms with van der Waals surface area (Å²) in [6.45, 7) is 1.28. The van der Waals surface area contributed by atoms with Gasteiger partial charge >= 0.3 is 6.30 Å². The van der Waals surface area contributed by atoms with Gasteiger partial charge in [0.15, 0.2) is 0 Å². The van der Waals surface area contributed by atoms with Crippen LogP contribution in [-0.2, 0) is 11.3 Å². The first-order valence-corrected chi connectivity index (χ1v) is 5.72. The molecule has 0 aliphatic heterocycles. The van der Waals surface area contributed by atoms with Crippen molar-refractivity contribution in [2.75, 3.05) is 5.32 Å². The maximum Gasteiger partial charge on any atom is 0.457 e. The quantitative estimate of drug-likeness (QED) is 0.641. The fraction of sp³-hybridized carbons (Fsp3) is 0.417. The van der Waals surface area contributed by atoms with Gasteiger partial charge in [0.2, 0.25) is 5.91 Å².